The van der Waals surface area contributed by atoms with E-state index in [0.717, 1.165) is 28.0 Å². The van der Waals surface area contributed by atoms with Gasteiger partial charge in [-0.15, -0.1) is 0 Å². The Morgan fingerprint density at radius 3 is 2.54 bits per heavy atom. The van der Waals surface area contributed by atoms with Crippen molar-refractivity contribution in [1.82, 2.24) is 9.97 Å². The molecule has 1 aromatic heterocycles. The molecule has 2 heterocycles. The van der Waals surface area contributed by atoms with Crippen LogP contribution in [0.5, 0.6) is 0 Å². The molecule has 0 radical (unpaired) electrons. The van der Waals surface area contributed by atoms with Crippen LogP contribution in [0.15, 0.2) is 42.7 Å². The van der Waals surface area contributed by atoms with E-state index in [4.69, 9.17) is 0 Å². The minimum Gasteiger partial charge on any atom is -0.374 e. The molecule has 1 aliphatic heterocycles. The van der Waals surface area contributed by atoms with Crippen molar-refractivity contribution in [2.45, 2.75) is 26.2 Å². The van der Waals surface area contributed by atoms with Crippen molar-refractivity contribution < 1.29 is 4.79 Å². The summed E-state index contributed by atoms with van der Waals surface area (Å²) in [7, 11) is 0. The molecule has 4 rings (SSSR count). The molecule has 3 N–H and O–H groups in total. The fourth-order valence-electron chi connectivity index (χ4n) is 3.01. The molecule has 3 aromatic rings. The second-order valence-electron chi connectivity index (χ2n) is 7.49. The molecule has 132 valence electrons. The highest BCUT2D eigenvalue weighted by Crippen LogP contribution is 2.33. The zero-order valence-electron chi connectivity index (χ0n) is 15.1. The van der Waals surface area contributed by atoms with Crippen molar-refractivity contribution in [3.05, 3.63) is 48.3 Å². The first-order chi connectivity index (χ1) is 12.4. The highest BCUT2D eigenvalue weighted by atomic mass is 16.2. The number of aromatic nitrogens is 2. The molecule has 0 aliphatic carbocycles. The molecule has 0 saturated carbocycles. The largest absolute Gasteiger partial charge is 0.374 e. The fraction of sp³-hybridized carbons (Fsp3) is 0.250. The maximum Gasteiger partial charge on any atom is 0.243 e. The second-order valence-corrected chi connectivity index (χ2v) is 7.49. The van der Waals surface area contributed by atoms with Crippen LogP contribution in [0.2, 0.25) is 0 Å². The second kappa shape index (κ2) is 5.98. The van der Waals surface area contributed by atoms with E-state index < -0.39 is 0 Å². The van der Waals surface area contributed by atoms with E-state index in [-0.39, 0.29) is 17.9 Å². The standard InChI is InChI=1S/C20H21N5O/c1-20(2,3)12-4-6-13(7-5-12)24-19-14-8-17-16(21-10-18(26)25-17)9-15(14)22-11-23-19/h4-9,11,21H,10H2,1-3H3,(H,25,26)(H,22,23,24). The van der Waals surface area contributed by atoms with Crippen LogP contribution in [0.3, 0.4) is 0 Å². The summed E-state index contributed by atoms with van der Waals surface area (Å²) in [5.74, 6) is 0.655. The van der Waals surface area contributed by atoms with Gasteiger partial charge in [0.05, 0.1) is 23.4 Å². The van der Waals surface area contributed by atoms with Gasteiger partial charge in [-0.3, -0.25) is 4.79 Å². The Morgan fingerprint density at radius 2 is 1.81 bits per heavy atom. The van der Waals surface area contributed by atoms with E-state index in [1.165, 1.54) is 5.56 Å². The van der Waals surface area contributed by atoms with Gasteiger partial charge >= 0.3 is 0 Å². The van der Waals surface area contributed by atoms with Crippen LogP contribution < -0.4 is 16.0 Å². The Kier molecular flexibility index (Phi) is 3.76. The zero-order valence-corrected chi connectivity index (χ0v) is 15.1. The number of benzene rings is 2. The highest BCUT2D eigenvalue weighted by molar-refractivity contribution is 6.05. The third kappa shape index (κ3) is 3.06. The first-order valence-corrected chi connectivity index (χ1v) is 8.60. The van der Waals surface area contributed by atoms with Gasteiger partial charge < -0.3 is 16.0 Å². The molecule has 2 aromatic carbocycles. The number of hydrogen-bond acceptors (Lipinski definition) is 5. The van der Waals surface area contributed by atoms with Crippen molar-refractivity contribution in [2.75, 3.05) is 22.5 Å². The number of amides is 1. The van der Waals surface area contributed by atoms with Crippen molar-refractivity contribution >= 4 is 39.7 Å². The van der Waals surface area contributed by atoms with E-state index in [1.807, 2.05) is 12.1 Å². The van der Waals surface area contributed by atoms with Gasteiger partial charge in [0.15, 0.2) is 0 Å². The minimum absolute atomic E-state index is 0.0547. The summed E-state index contributed by atoms with van der Waals surface area (Å²) in [4.78, 5) is 20.4. The summed E-state index contributed by atoms with van der Waals surface area (Å²) in [6.45, 7) is 6.85. The number of fused-ring (bicyclic) bond motifs is 2. The average molecular weight is 347 g/mol. The molecule has 0 atom stereocenters. The summed E-state index contributed by atoms with van der Waals surface area (Å²) >= 11 is 0. The number of hydrogen-bond donors (Lipinski definition) is 3. The first kappa shape index (κ1) is 16.3. The molecule has 0 fully saturated rings. The van der Waals surface area contributed by atoms with Crippen LogP contribution in [-0.4, -0.2) is 22.4 Å². The molecule has 1 amide bonds. The van der Waals surface area contributed by atoms with Gasteiger partial charge in [-0.1, -0.05) is 32.9 Å². The molecule has 0 saturated heterocycles. The summed E-state index contributed by atoms with van der Waals surface area (Å²) in [6.07, 6.45) is 1.54. The van der Waals surface area contributed by atoms with Gasteiger partial charge in [0.2, 0.25) is 5.91 Å². The Labute approximate surface area is 152 Å². The van der Waals surface area contributed by atoms with Gasteiger partial charge in [-0.2, -0.15) is 0 Å². The zero-order chi connectivity index (χ0) is 18.3. The molecule has 0 spiro atoms. The van der Waals surface area contributed by atoms with Crippen molar-refractivity contribution in [3.63, 3.8) is 0 Å². The van der Waals surface area contributed by atoms with E-state index >= 15 is 0 Å². The van der Waals surface area contributed by atoms with Crippen LogP contribution in [-0.2, 0) is 10.2 Å². The van der Waals surface area contributed by atoms with E-state index in [1.54, 1.807) is 6.33 Å². The Bertz CT molecular complexity index is 989. The van der Waals surface area contributed by atoms with E-state index in [2.05, 4.69) is 71.0 Å². The number of anilines is 4. The molecule has 6 nitrogen and oxygen atoms in total. The Balaban J connectivity index is 1.70. The lowest BCUT2D eigenvalue weighted by Gasteiger charge is -2.20. The summed E-state index contributed by atoms with van der Waals surface area (Å²) in [5.41, 5.74) is 4.78. The van der Waals surface area contributed by atoms with Gasteiger partial charge in [-0.25, -0.2) is 9.97 Å². The molecular weight excluding hydrogens is 326 g/mol. The topological polar surface area (TPSA) is 78.9 Å². The van der Waals surface area contributed by atoms with Gasteiger partial charge in [0.25, 0.3) is 0 Å². The fourth-order valence-corrected chi connectivity index (χ4v) is 3.01. The SMILES string of the molecule is CC(C)(C)c1ccc(Nc2ncnc3cc4c(cc23)NC(=O)CN4)cc1. The lowest BCUT2D eigenvalue weighted by molar-refractivity contribution is -0.114. The minimum atomic E-state index is -0.0547. The monoisotopic (exact) mass is 347 g/mol. The number of rotatable bonds is 2. The number of nitrogens with zero attached hydrogens (tertiary/aromatic N) is 2. The Hall–Kier alpha value is -3.15. The lowest BCUT2D eigenvalue weighted by Crippen LogP contribution is -2.27. The molecular formula is C20H21N5O. The average Bonchev–Trinajstić information content (AvgIpc) is 2.60. The van der Waals surface area contributed by atoms with Gasteiger partial charge in [0.1, 0.15) is 12.1 Å². The first-order valence-electron chi connectivity index (χ1n) is 8.60. The highest BCUT2D eigenvalue weighted by Gasteiger charge is 2.17. The molecule has 0 unspecified atom stereocenters. The molecule has 1 aliphatic rings. The van der Waals surface area contributed by atoms with Crippen molar-refractivity contribution in [2.24, 2.45) is 0 Å². The summed E-state index contributed by atoms with van der Waals surface area (Å²) in [6, 6.07) is 12.2. The van der Waals surface area contributed by atoms with Gasteiger partial charge in [-0.05, 0) is 35.2 Å². The maximum absolute atomic E-state index is 11.6. The van der Waals surface area contributed by atoms with Crippen LogP contribution in [0, 0.1) is 0 Å². The van der Waals surface area contributed by atoms with Crippen LogP contribution in [0.1, 0.15) is 26.3 Å². The van der Waals surface area contributed by atoms with E-state index in [9.17, 15) is 4.79 Å². The van der Waals surface area contributed by atoms with Crippen molar-refractivity contribution in [3.8, 4) is 0 Å². The predicted molar refractivity (Wildman–Crippen MR) is 105 cm³/mol. The number of nitrogens with one attached hydrogen (secondary N) is 3. The Morgan fingerprint density at radius 1 is 1.04 bits per heavy atom. The predicted octanol–water partition coefficient (Wildman–Crippen LogP) is 4.03. The number of carbonyl (C=O) groups excluding carboxylic acids is 1. The lowest BCUT2D eigenvalue weighted by atomic mass is 9.87. The smallest absolute Gasteiger partial charge is 0.243 e. The van der Waals surface area contributed by atoms with Gasteiger partial charge in [0, 0.05) is 11.1 Å². The normalized spacial score (nSPS) is 13.7. The summed E-state index contributed by atoms with van der Waals surface area (Å²) in [5, 5.41) is 10.2. The third-order valence-corrected chi connectivity index (χ3v) is 4.50. The molecule has 6 heteroatoms. The maximum atomic E-state index is 11.6. The van der Waals surface area contributed by atoms with Crippen LogP contribution >= 0.6 is 0 Å². The molecule has 26 heavy (non-hydrogen) atoms. The summed E-state index contributed by atoms with van der Waals surface area (Å²) < 4.78 is 0. The third-order valence-electron chi connectivity index (χ3n) is 4.50. The quantitative estimate of drug-likeness (QED) is 0.652. The van der Waals surface area contributed by atoms with Crippen LogP contribution in [0.25, 0.3) is 10.9 Å². The van der Waals surface area contributed by atoms with Crippen molar-refractivity contribution in [1.29, 1.82) is 0 Å². The number of carbonyl (C=O) groups is 1. The van der Waals surface area contributed by atoms with Crippen LogP contribution in [0.4, 0.5) is 22.9 Å². The molecule has 0 bridgehead atoms. The van der Waals surface area contributed by atoms with E-state index in [0.29, 0.717) is 5.82 Å².